The molecule has 0 fully saturated rings. The van der Waals surface area contributed by atoms with Crippen molar-refractivity contribution in [3.63, 3.8) is 0 Å². The van der Waals surface area contributed by atoms with E-state index in [1.165, 1.54) is 108 Å². The van der Waals surface area contributed by atoms with E-state index >= 15 is 0 Å². The molecular weight excluding hydrogens is 689 g/mol. The second-order valence-electron chi connectivity index (χ2n) is 14.6. The lowest BCUT2D eigenvalue weighted by atomic mass is 10.1. The van der Waals surface area contributed by atoms with Crippen molar-refractivity contribution >= 4 is 103 Å². The molecule has 0 radical (unpaired) electrons. The van der Waals surface area contributed by atoms with Crippen molar-refractivity contribution in [2.45, 2.75) is 0 Å². The molecule has 0 aliphatic carbocycles. The minimum Gasteiger partial charge on any atom is -0.309 e. The predicted molar refractivity (Wildman–Crippen MR) is 233 cm³/mol. The maximum atomic E-state index is 2.45. The van der Waals surface area contributed by atoms with Crippen LogP contribution in [0.5, 0.6) is 0 Å². The highest BCUT2D eigenvalue weighted by molar-refractivity contribution is 7.25. The molecule has 0 atom stereocenters. The molecule has 256 valence electrons. The molecule has 0 saturated heterocycles. The third-order valence-corrected chi connectivity index (χ3v) is 12.9. The summed E-state index contributed by atoms with van der Waals surface area (Å²) in [6, 6.07) is 67.0. The first-order chi connectivity index (χ1) is 27.3. The summed E-state index contributed by atoms with van der Waals surface area (Å²) in [7, 11) is 0. The van der Waals surface area contributed by atoms with E-state index in [1.807, 2.05) is 11.3 Å². The number of benzene rings is 8. The highest BCUT2D eigenvalue weighted by atomic mass is 32.1. The van der Waals surface area contributed by atoms with Crippen molar-refractivity contribution < 1.29 is 0 Å². The molecule has 55 heavy (non-hydrogen) atoms. The van der Waals surface area contributed by atoms with Gasteiger partial charge in [-0.3, -0.25) is 8.97 Å². The Kier molecular flexibility index (Phi) is 5.74. The Morgan fingerprint density at radius 2 is 0.727 bits per heavy atom. The van der Waals surface area contributed by atoms with Gasteiger partial charge in [-0.15, -0.1) is 11.3 Å². The van der Waals surface area contributed by atoms with E-state index in [0.717, 1.165) is 0 Å². The zero-order valence-electron chi connectivity index (χ0n) is 29.5. The summed E-state index contributed by atoms with van der Waals surface area (Å²) in [5.74, 6) is 0. The van der Waals surface area contributed by atoms with Crippen molar-refractivity contribution in [3.8, 4) is 17.1 Å². The average Bonchev–Trinajstić information content (AvgIpc) is 4.03. The quantitative estimate of drug-likeness (QED) is 0.173. The molecule has 0 N–H and O–H groups in total. The van der Waals surface area contributed by atoms with Gasteiger partial charge in [-0.1, -0.05) is 84.9 Å². The van der Waals surface area contributed by atoms with Gasteiger partial charge in [-0.05, 0) is 97.1 Å². The molecular formula is C50H30N4S. The fourth-order valence-electron chi connectivity index (χ4n) is 9.41. The Morgan fingerprint density at radius 3 is 1.35 bits per heavy atom. The van der Waals surface area contributed by atoms with Gasteiger partial charge in [0.05, 0.1) is 38.6 Å². The van der Waals surface area contributed by atoms with Gasteiger partial charge in [0, 0.05) is 64.2 Å². The van der Waals surface area contributed by atoms with Crippen molar-refractivity contribution in [2.75, 3.05) is 0 Å². The molecule has 13 rings (SSSR count). The van der Waals surface area contributed by atoms with Gasteiger partial charge < -0.3 is 9.13 Å². The van der Waals surface area contributed by atoms with Crippen LogP contribution in [0.3, 0.4) is 0 Å². The molecule has 5 heteroatoms. The number of hydrogen-bond donors (Lipinski definition) is 0. The third kappa shape index (κ3) is 3.94. The summed E-state index contributed by atoms with van der Waals surface area (Å²) in [6.07, 6.45) is 0. The molecule has 13 aromatic rings. The normalized spacial score (nSPS) is 12.4. The first-order valence-corrected chi connectivity index (χ1v) is 19.6. The Bertz CT molecular complexity index is 3680. The topological polar surface area (TPSA) is 19.2 Å². The fourth-order valence-corrected chi connectivity index (χ4v) is 10.5. The lowest BCUT2D eigenvalue weighted by Gasteiger charge is -2.11. The van der Waals surface area contributed by atoms with E-state index in [0.29, 0.717) is 0 Å². The number of hydrogen-bond acceptors (Lipinski definition) is 1. The highest BCUT2D eigenvalue weighted by Gasteiger charge is 2.19. The lowest BCUT2D eigenvalue weighted by Crippen LogP contribution is -1.95. The monoisotopic (exact) mass is 718 g/mol. The van der Waals surface area contributed by atoms with E-state index in [-0.39, 0.29) is 0 Å². The Hall–Kier alpha value is -7.08. The van der Waals surface area contributed by atoms with Crippen LogP contribution in [-0.2, 0) is 0 Å². The van der Waals surface area contributed by atoms with Crippen molar-refractivity contribution in [3.05, 3.63) is 182 Å². The molecule has 0 bridgehead atoms. The van der Waals surface area contributed by atoms with E-state index in [2.05, 4.69) is 200 Å². The predicted octanol–water partition coefficient (Wildman–Crippen LogP) is 13.6. The SMILES string of the molecule is c1ccc2c(c1)cc1n(-c3ccc4sc5ccc(-n6c7ccccc7c7cc(-n8c9ccccc9c9ccccc98)ccc76)cc5c4c3)c3ccccc3n21. The molecule has 5 aromatic heterocycles. The van der Waals surface area contributed by atoms with Crippen LogP contribution in [0.15, 0.2) is 182 Å². The van der Waals surface area contributed by atoms with Crippen LogP contribution in [0.4, 0.5) is 0 Å². The van der Waals surface area contributed by atoms with Crippen molar-refractivity contribution in [1.29, 1.82) is 0 Å². The van der Waals surface area contributed by atoms with E-state index < -0.39 is 0 Å². The summed E-state index contributed by atoms with van der Waals surface area (Å²) in [6.45, 7) is 0. The van der Waals surface area contributed by atoms with Crippen molar-refractivity contribution in [2.24, 2.45) is 0 Å². The molecule has 0 aliphatic heterocycles. The number of aromatic nitrogens is 4. The Balaban J connectivity index is 1.02. The summed E-state index contributed by atoms with van der Waals surface area (Å²) >= 11 is 1.87. The van der Waals surface area contributed by atoms with E-state index in [4.69, 9.17) is 0 Å². The first-order valence-electron chi connectivity index (χ1n) is 18.8. The van der Waals surface area contributed by atoms with Gasteiger partial charge >= 0.3 is 0 Å². The summed E-state index contributed by atoms with van der Waals surface area (Å²) in [5.41, 5.74) is 13.2. The van der Waals surface area contributed by atoms with Crippen LogP contribution < -0.4 is 0 Å². The smallest absolute Gasteiger partial charge is 0.123 e. The highest BCUT2D eigenvalue weighted by Crippen LogP contribution is 2.41. The second-order valence-corrected chi connectivity index (χ2v) is 15.7. The van der Waals surface area contributed by atoms with Gasteiger partial charge in [0.25, 0.3) is 0 Å². The molecule has 8 aromatic carbocycles. The largest absolute Gasteiger partial charge is 0.309 e. The van der Waals surface area contributed by atoms with E-state index in [9.17, 15) is 0 Å². The van der Waals surface area contributed by atoms with Crippen molar-refractivity contribution in [1.82, 2.24) is 18.1 Å². The molecule has 0 unspecified atom stereocenters. The number of fused-ring (bicyclic) bond motifs is 14. The first kappa shape index (κ1) is 29.4. The fraction of sp³-hybridized carbons (Fsp3) is 0. The van der Waals surface area contributed by atoms with Gasteiger partial charge in [0.1, 0.15) is 5.65 Å². The van der Waals surface area contributed by atoms with Crippen LogP contribution in [-0.4, -0.2) is 18.1 Å². The zero-order chi connectivity index (χ0) is 35.8. The lowest BCUT2D eigenvalue weighted by molar-refractivity contribution is 1.15. The molecule has 0 amide bonds. The van der Waals surface area contributed by atoms with Crippen LogP contribution in [0, 0.1) is 0 Å². The molecule has 4 nitrogen and oxygen atoms in total. The van der Waals surface area contributed by atoms with Gasteiger partial charge in [-0.25, -0.2) is 0 Å². The van der Waals surface area contributed by atoms with Gasteiger partial charge in [0.15, 0.2) is 0 Å². The number of rotatable bonds is 3. The van der Waals surface area contributed by atoms with Gasteiger partial charge in [0.2, 0.25) is 0 Å². The second kappa shape index (κ2) is 10.8. The number of para-hydroxylation sites is 6. The van der Waals surface area contributed by atoms with Crippen LogP contribution >= 0.6 is 11.3 Å². The summed E-state index contributed by atoms with van der Waals surface area (Å²) in [5, 5.41) is 8.85. The molecule has 0 saturated carbocycles. The summed E-state index contributed by atoms with van der Waals surface area (Å²) in [4.78, 5) is 0. The Labute approximate surface area is 318 Å². The molecule has 0 spiro atoms. The number of nitrogens with zero attached hydrogens (tertiary/aromatic N) is 4. The Morgan fingerprint density at radius 1 is 0.291 bits per heavy atom. The van der Waals surface area contributed by atoms with Crippen LogP contribution in [0.1, 0.15) is 0 Å². The molecule has 5 heterocycles. The van der Waals surface area contributed by atoms with Crippen LogP contribution in [0.2, 0.25) is 0 Å². The van der Waals surface area contributed by atoms with Gasteiger partial charge in [-0.2, -0.15) is 0 Å². The molecule has 0 aliphatic rings. The number of thiophene rings is 1. The third-order valence-electron chi connectivity index (χ3n) is 11.7. The number of imidazole rings is 1. The maximum absolute atomic E-state index is 2.45. The minimum atomic E-state index is 1.17. The maximum Gasteiger partial charge on any atom is 0.123 e. The summed E-state index contributed by atoms with van der Waals surface area (Å²) < 4.78 is 12.3. The average molecular weight is 719 g/mol. The zero-order valence-corrected chi connectivity index (χ0v) is 30.3. The van der Waals surface area contributed by atoms with Crippen LogP contribution in [0.25, 0.3) is 108 Å². The minimum absolute atomic E-state index is 1.17. The standard InChI is InChI=1S/C50H30N4S/c1-5-15-41-31(11-1)27-50-53(46-19-9-10-20-47(46)54(41)50)34-23-26-49-40(30-34)39-29-33(22-25-48(39)55-49)52-44-18-8-4-14-37(44)38-28-32(21-24-45(38)52)51-42-16-6-2-12-35(42)36-13-3-7-17-43(36)51/h1-30H. The van der Waals surface area contributed by atoms with E-state index in [1.54, 1.807) is 0 Å².